The summed E-state index contributed by atoms with van der Waals surface area (Å²) in [6, 6.07) is 6.15. The molecule has 0 saturated carbocycles. The molecule has 6 nitrogen and oxygen atoms in total. The van der Waals surface area contributed by atoms with Crippen molar-refractivity contribution in [2.75, 3.05) is 64.4 Å². The van der Waals surface area contributed by atoms with Crippen LogP contribution in [0.2, 0.25) is 0 Å². The van der Waals surface area contributed by atoms with Crippen molar-refractivity contribution < 1.29 is 17.9 Å². The lowest BCUT2D eigenvalue weighted by atomic mass is 10.1. The Balaban J connectivity index is 0.00000272. The molecule has 1 aromatic rings. The fourth-order valence-corrected chi connectivity index (χ4v) is 4.60. The second kappa shape index (κ2) is 10.6. The zero-order chi connectivity index (χ0) is 21.1. The predicted octanol–water partition coefficient (Wildman–Crippen LogP) is 2.88. The Morgan fingerprint density at radius 1 is 1.19 bits per heavy atom. The molecule has 2 unspecified atom stereocenters. The number of halogens is 4. The zero-order valence-electron chi connectivity index (χ0n) is 17.8. The number of nitrogens with zero attached hydrogens (tertiary/aromatic N) is 4. The molecule has 2 atom stereocenters. The van der Waals surface area contributed by atoms with Gasteiger partial charge in [0.15, 0.2) is 5.96 Å². The quantitative estimate of drug-likeness (QED) is 0.355. The smallest absolute Gasteiger partial charge is 0.373 e. The van der Waals surface area contributed by atoms with Crippen molar-refractivity contribution in [2.45, 2.75) is 31.2 Å². The van der Waals surface area contributed by atoms with Crippen LogP contribution < -0.4 is 10.2 Å². The molecular weight excluding hydrogens is 522 g/mol. The number of piperazine rings is 1. The van der Waals surface area contributed by atoms with Gasteiger partial charge in [-0.15, -0.1) is 24.0 Å². The van der Waals surface area contributed by atoms with Crippen LogP contribution in [0.1, 0.15) is 18.4 Å². The number of ether oxygens (including phenoxy) is 1. The second-order valence-electron chi connectivity index (χ2n) is 8.20. The first-order valence-corrected chi connectivity index (χ1v) is 10.7. The number of alkyl halides is 3. The standard InChI is InChI=1S/C21H30F3N5O.HI/c1-25-20(26-13-19-14-29-7-3-6-18(29)15-30-19)28-10-8-27(9-11-28)17-5-2-4-16(12-17)21(22,23)24;/h2,4-5,12,18-19H,3,6-11,13-15H2,1H3,(H,25,26);1H. The molecule has 0 aromatic heterocycles. The summed E-state index contributed by atoms with van der Waals surface area (Å²) >= 11 is 0. The van der Waals surface area contributed by atoms with Crippen LogP contribution in [0.5, 0.6) is 0 Å². The lowest BCUT2D eigenvalue weighted by Crippen LogP contribution is -2.55. The van der Waals surface area contributed by atoms with Crippen LogP contribution in [0.3, 0.4) is 0 Å². The van der Waals surface area contributed by atoms with Crippen LogP contribution in [0, 0.1) is 0 Å². The van der Waals surface area contributed by atoms with E-state index in [-0.39, 0.29) is 30.1 Å². The van der Waals surface area contributed by atoms with Crippen molar-refractivity contribution in [3.8, 4) is 0 Å². The fraction of sp³-hybridized carbons (Fsp3) is 0.667. The number of aliphatic imine (C=N–C) groups is 1. The minimum Gasteiger partial charge on any atom is -0.373 e. The second-order valence-corrected chi connectivity index (χ2v) is 8.20. The maximum Gasteiger partial charge on any atom is 0.416 e. The minimum absolute atomic E-state index is 0. The summed E-state index contributed by atoms with van der Waals surface area (Å²) < 4.78 is 45.0. The average Bonchev–Trinajstić information content (AvgIpc) is 3.22. The maximum absolute atomic E-state index is 13.0. The van der Waals surface area contributed by atoms with Crippen LogP contribution in [0.4, 0.5) is 18.9 Å². The van der Waals surface area contributed by atoms with Crippen LogP contribution in [0.15, 0.2) is 29.3 Å². The van der Waals surface area contributed by atoms with Gasteiger partial charge in [0.2, 0.25) is 0 Å². The number of benzene rings is 1. The highest BCUT2D eigenvalue weighted by Gasteiger charge is 2.33. The Hall–Kier alpha value is -1.27. The van der Waals surface area contributed by atoms with Gasteiger partial charge >= 0.3 is 6.18 Å². The van der Waals surface area contributed by atoms with E-state index >= 15 is 0 Å². The first kappa shape index (κ1) is 24.4. The lowest BCUT2D eigenvalue weighted by molar-refractivity contribution is -0.137. The molecule has 3 aliphatic heterocycles. The van der Waals surface area contributed by atoms with E-state index in [0.717, 1.165) is 31.7 Å². The molecule has 4 rings (SSSR count). The van der Waals surface area contributed by atoms with Crippen molar-refractivity contribution in [1.82, 2.24) is 15.1 Å². The Kier molecular flexibility index (Phi) is 8.31. The summed E-state index contributed by atoms with van der Waals surface area (Å²) in [5.74, 6) is 0.825. The van der Waals surface area contributed by atoms with Gasteiger partial charge in [-0.1, -0.05) is 6.07 Å². The Morgan fingerprint density at radius 3 is 2.68 bits per heavy atom. The highest BCUT2D eigenvalue weighted by Crippen LogP contribution is 2.32. The summed E-state index contributed by atoms with van der Waals surface area (Å²) in [6.07, 6.45) is -1.67. The minimum atomic E-state index is -4.32. The monoisotopic (exact) mass is 553 g/mol. The molecule has 10 heteroatoms. The zero-order valence-corrected chi connectivity index (χ0v) is 20.1. The molecule has 3 heterocycles. The number of hydrogen-bond acceptors (Lipinski definition) is 4. The van der Waals surface area contributed by atoms with Crippen LogP contribution in [-0.4, -0.2) is 87.4 Å². The Bertz CT molecular complexity index is 755. The van der Waals surface area contributed by atoms with Gasteiger partial charge in [-0.3, -0.25) is 9.89 Å². The van der Waals surface area contributed by atoms with E-state index in [1.807, 2.05) is 4.90 Å². The predicted molar refractivity (Wildman–Crippen MR) is 126 cm³/mol. The van der Waals surface area contributed by atoms with E-state index in [0.29, 0.717) is 44.5 Å². The molecule has 0 amide bonds. The first-order valence-electron chi connectivity index (χ1n) is 10.7. The van der Waals surface area contributed by atoms with E-state index in [1.54, 1.807) is 13.1 Å². The maximum atomic E-state index is 13.0. The van der Waals surface area contributed by atoms with Gasteiger partial charge in [-0.25, -0.2) is 0 Å². The van der Waals surface area contributed by atoms with Crippen molar-refractivity contribution in [3.63, 3.8) is 0 Å². The topological polar surface area (TPSA) is 43.3 Å². The summed E-state index contributed by atoms with van der Waals surface area (Å²) in [6.45, 7) is 6.35. The van der Waals surface area contributed by atoms with E-state index in [1.165, 1.54) is 25.0 Å². The number of fused-ring (bicyclic) bond motifs is 1. The fourth-order valence-electron chi connectivity index (χ4n) is 4.60. The Morgan fingerprint density at radius 2 is 1.97 bits per heavy atom. The molecule has 3 fully saturated rings. The molecule has 31 heavy (non-hydrogen) atoms. The highest BCUT2D eigenvalue weighted by molar-refractivity contribution is 14.0. The van der Waals surface area contributed by atoms with Gasteiger partial charge in [0.25, 0.3) is 0 Å². The molecule has 1 N–H and O–H groups in total. The molecule has 0 bridgehead atoms. The van der Waals surface area contributed by atoms with Gasteiger partial charge in [0, 0.05) is 58.0 Å². The molecule has 0 radical (unpaired) electrons. The first-order chi connectivity index (χ1) is 14.4. The van der Waals surface area contributed by atoms with Crippen LogP contribution in [-0.2, 0) is 10.9 Å². The summed E-state index contributed by atoms with van der Waals surface area (Å²) in [4.78, 5) is 11.1. The number of hydrogen-bond donors (Lipinski definition) is 1. The molecule has 0 aliphatic carbocycles. The van der Waals surface area contributed by atoms with Gasteiger partial charge in [0.1, 0.15) is 0 Å². The highest BCUT2D eigenvalue weighted by atomic mass is 127. The third-order valence-electron chi connectivity index (χ3n) is 6.28. The van der Waals surface area contributed by atoms with E-state index in [2.05, 4.69) is 20.1 Å². The Labute approximate surface area is 198 Å². The van der Waals surface area contributed by atoms with Crippen molar-refractivity contribution in [3.05, 3.63) is 29.8 Å². The molecule has 3 aliphatic rings. The van der Waals surface area contributed by atoms with Crippen LogP contribution >= 0.6 is 24.0 Å². The van der Waals surface area contributed by atoms with Crippen molar-refractivity contribution in [1.29, 1.82) is 0 Å². The normalized spacial score (nSPS) is 25.2. The molecule has 3 saturated heterocycles. The number of nitrogens with one attached hydrogen (secondary N) is 1. The van der Waals surface area contributed by atoms with E-state index < -0.39 is 11.7 Å². The SMILES string of the molecule is CN=C(NCC1CN2CCCC2CO1)N1CCN(c2cccc(C(F)(F)F)c2)CC1.I. The summed E-state index contributed by atoms with van der Waals surface area (Å²) in [5.41, 5.74) is 0.0100. The summed E-state index contributed by atoms with van der Waals surface area (Å²) in [5, 5.41) is 3.43. The van der Waals surface area contributed by atoms with Gasteiger partial charge in [-0.05, 0) is 37.6 Å². The third-order valence-corrected chi connectivity index (χ3v) is 6.28. The van der Waals surface area contributed by atoms with Gasteiger partial charge < -0.3 is 19.9 Å². The number of guanidine groups is 1. The van der Waals surface area contributed by atoms with Crippen molar-refractivity contribution in [2.24, 2.45) is 4.99 Å². The largest absolute Gasteiger partial charge is 0.416 e. The molecular formula is C21H31F3IN5O. The molecule has 1 aromatic carbocycles. The van der Waals surface area contributed by atoms with E-state index in [4.69, 9.17) is 4.74 Å². The van der Waals surface area contributed by atoms with Gasteiger partial charge in [-0.2, -0.15) is 13.2 Å². The molecule has 0 spiro atoms. The number of anilines is 1. The number of morpholine rings is 1. The van der Waals surface area contributed by atoms with Gasteiger partial charge in [0.05, 0.1) is 18.3 Å². The van der Waals surface area contributed by atoms with Crippen molar-refractivity contribution >= 4 is 35.6 Å². The third kappa shape index (κ3) is 5.95. The van der Waals surface area contributed by atoms with Crippen LogP contribution in [0.25, 0.3) is 0 Å². The average molecular weight is 553 g/mol. The lowest BCUT2D eigenvalue weighted by Gasteiger charge is -2.39. The summed E-state index contributed by atoms with van der Waals surface area (Å²) in [7, 11) is 1.76. The molecule has 174 valence electrons. The van der Waals surface area contributed by atoms with E-state index in [9.17, 15) is 13.2 Å². The number of rotatable bonds is 3.